The molecule has 1 aromatic carbocycles. The second-order valence-electron chi connectivity index (χ2n) is 3.32. The lowest BCUT2D eigenvalue weighted by Gasteiger charge is -2.24. The van der Waals surface area contributed by atoms with Crippen molar-refractivity contribution < 1.29 is 0 Å². The van der Waals surface area contributed by atoms with Gasteiger partial charge < -0.3 is 0 Å². The molecule has 13 heavy (non-hydrogen) atoms. The zero-order valence-corrected chi connectivity index (χ0v) is 8.97. The van der Waals surface area contributed by atoms with Crippen LogP contribution in [-0.4, -0.2) is 0 Å². The van der Waals surface area contributed by atoms with Crippen LogP contribution in [0.15, 0.2) is 30.3 Å². The Morgan fingerprint density at radius 2 is 2.00 bits per heavy atom. The maximum absolute atomic E-state index is 3.73. The van der Waals surface area contributed by atoms with Gasteiger partial charge in [-0.05, 0) is 18.4 Å². The molecule has 0 heterocycles. The number of hydrogen-bond acceptors (Lipinski definition) is 0. The Morgan fingerprint density at radius 1 is 1.23 bits per heavy atom. The fourth-order valence-electron chi connectivity index (χ4n) is 1.60. The van der Waals surface area contributed by atoms with Gasteiger partial charge in [0, 0.05) is 6.42 Å². The molecule has 0 saturated carbocycles. The lowest BCUT2D eigenvalue weighted by atomic mass is 9.91. The Hall–Kier alpha value is -0.740. The Balaban J connectivity index is 2.38. The zero-order chi connectivity index (χ0) is 9.15. The van der Waals surface area contributed by atoms with Crippen molar-refractivity contribution in [3.8, 4) is 11.8 Å². The van der Waals surface area contributed by atoms with E-state index in [9.17, 15) is 0 Å². The predicted octanol–water partition coefficient (Wildman–Crippen LogP) is 3.46. The maximum Gasteiger partial charge on any atom is 0.111 e. The quantitative estimate of drug-likeness (QED) is 0.516. The largest absolute Gasteiger partial charge is 0.111 e. The first-order valence-corrected chi connectivity index (χ1v) is 5.35. The molecule has 0 saturated heterocycles. The van der Waals surface area contributed by atoms with Gasteiger partial charge >= 0.3 is 0 Å². The SMILES string of the molecule is BrC1(c2ccccc2)C#CCCC1. The molecule has 1 atom stereocenters. The van der Waals surface area contributed by atoms with Crippen molar-refractivity contribution in [3.63, 3.8) is 0 Å². The van der Waals surface area contributed by atoms with E-state index in [1.807, 2.05) is 6.07 Å². The molecule has 0 bridgehead atoms. The van der Waals surface area contributed by atoms with Crippen molar-refractivity contribution in [2.24, 2.45) is 0 Å². The Morgan fingerprint density at radius 3 is 2.62 bits per heavy atom. The van der Waals surface area contributed by atoms with Crippen LogP contribution in [0.25, 0.3) is 0 Å². The number of alkyl halides is 1. The van der Waals surface area contributed by atoms with Gasteiger partial charge in [0.15, 0.2) is 0 Å². The van der Waals surface area contributed by atoms with Crippen LogP contribution in [0.3, 0.4) is 0 Å². The molecule has 0 N–H and O–H groups in total. The summed E-state index contributed by atoms with van der Waals surface area (Å²) >= 11 is 3.73. The molecule has 1 aromatic rings. The molecule has 1 aliphatic rings. The van der Waals surface area contributed by atoms with Crippen LogP contribution in [0, 0.1) is 11.8 Å². The molecule has 0 aliphatic heterocycles. The minimum absolute atomic E-state index is 0.0769. The van der Waals surface area contributed by atoms with Gasteiger partial charge in [-0.25, -0.2) is 0 Å². The molecule has 0 spiro atoms. The summed E-state index contributed by atoms with van der Waals surface area (Å²) in [4.78, 5) is 0. The summed E-state index contributed by atoms with van der Waals surface area (Å²) in [6.45, 7) is 0. The van der Waals surface area contributed by atoms with E-state index >= 15 is 0 Å². The summed E-state index contributed by atoms with van der Waals surface area (Å²) in [5.74, 6) is 6.46. The highest BCUT2D eigenvalue weighted by Gasteiger charge is 2.27. The van der Waals surface area contributed by atoms with Crippen molar-refractivity contribution >= 4 is 15.9 Å². The molecule has 1 aliphatic carbocycles. The summed E-state index contributed by atoms with van der Waals surface area (Å²) in [6.07, 6.45) is 3.34. The van der Waals surface area contributed by atoms with E-state index in [1.54, 1.807) is 0 Å². The average Bonchev–Trinajstić information content (AvgIpc) is 2.20. The Labute approximate surface area is 87.5 Å². The second kappa shape index (κ2) is 3.55. The molecule has 0 aromatic heterocycles. The zero-order valence-electron chi connectivity index (χ0n) is 7.39. The number of rotatable bonds is 1. The topological polar surface area (TPSA) is 0 Å². The minimum atomic E-state index is -0.0769. The molecule has 1 unspecified atom stereocenters. The summed E-state index contributed by atoms with van der Waals surface area (Å²) in [6, 6.07) is 10.4. The average molecular weight is 235 g/mol. The fraction of sp³-hybridized carbons (Fsp3) is 0.333. The lowest BCUT2D eigenvalue weighted by Crippen LogP contribution is -2.17. The predicted molar refractivity (Wildman–Crippen MR) is 58.7 cm³/mol. The van der Waals surface area contributed by atoms with Crippen LogP contribution < -0.4 is 0 Å². The van der Waals surface area contributed by atoms with Gasteiger partial charge in [-0.2, -0.15) is 0 Å². The summed E-state index contributed by atoms with van der Waals surface area (Å²) in [7, 11) is 0. The molecule has 2 rings (SSSR count). The highest BCUT2D eigenvalue weighted by Crippen LogP contribution is 2.37. The second-order valence-corrected chi connectivity index (χ2v) is 4.68. The summed E-state index contributed by atoms with van der Waals surface area (Å²) in [5, 5.41) is 0. The highest BCUT2D eigenvalue weighted by molar-refractivity contribution is 9.09. The fourth-order valence-corrected chi connectivity index (χ4v) is 2.29. The third-order valence-corrected chi connectivity index (χ3v) is 3.39. The van der Waals surface area contributed by atoms with E-state index in [2.05, 4.69) is 52.0 Å². The molecule has 0 nitrogen and oxygen atoms in total. The van der Waals surface area contributed by atoms with Gasteiger partial charge in [-0.1, -0.05) is 52.2 Å². The third kappa shape index (κ3) is 1.78. The summed E-state index contributed by atoms with van der Waals surface area (Å²) in [5.41, 5.74) is 1.28. The smallest absolute Gasteiger partial charge is 0.101 e. The first-order valence-electron chi connectivity index (χ1n) is 4.56. The standard InChI is InChI=1S/C12H11Br/c13-12(9-5-2-6-10-12)11-7-3-1-4-8-11/h1,3-4,7-8H,2,5,9H2. The molecule has 0 radical (unpaired) electrons. The van der Waals surface area contributed by atoms with Gasteiger partial charge in [-0.3, -0.25) is 0 Å². The van der Waals surface area contributed by atoms with Crippen molar-refractivity contribution in [1.29, 1.82) is 0 Å². The Kier molecular flexibility index (Phi) is 2.42. The maximum atomic E-state index is 3.73. The molecular weight excluding hydrogens is 224 g/mol. The molecular formula is C12H11Br. The van der Waals surface area contributed by atoms with E-state index in [0.717, 1.165) is 12.8 Å². The van der Waals surface area contributed by atoms with Gasteiger partial charge in [-0.15, -0.1) is 5.92 Å². The van der Waals surface area contributed by atoms with Gasteiger partial charge in [0.25, 0.3) is 0 Å². The van der Waals surface area contributed by atoms with E-state index in [1.165, 1.54) is 12.0 Å². The van der Waals surface area contributed by atoms with E-state index in [-0.39, 0.29) is 4.32 Å². The number of hydrogen-bond donors (Lipinski definition) is 0. The lowest BCUT2D eigenvalue weighted by molar-refractivity contribution is 0.653. The van der Waals surface area contributed by atoms with E-state index < -0.39 is 0 Å². The first-order chi connectivity index (χ1) is 6.31. The van der Waals surface area contributed by atoms with Crippen LogP contribution in [0.5, 0.6) is 0 Å². The number of halogens is 1. The van der Waals surface area contributed by atoms with Crippen molar-refractivity contribution in [2.75, 3.05) is 0 Å². The first kappa shape index (κ1) is 8.84. The van der Waals surface area contributed by atoms with Crippen molar-refractivity contribution in [3.05, 3.63) is 35.9 Å². The van der Waals surface area contributed by atoms with Crippen LogP contribution >= 0.6 is 15.9 Å². The Bertz CT molecular complexity index is 344. The monoisotopic (exact) mass is 234 g/mol. The minimum Gasteiger partial charge on any atom is -0.101 e. The normalized spacial score (nSPS) is 26.2. The summed E-state index contributed by atoms with van der Waals surface area (Å²) < 4.78 is -0.0769. The van der Waals surface area contributed by atoms with E-state index in [4.69, 9.17) is 0 Å². The number of benzene rings is 1. The van der Waals surface area contributed by atoms with Crippen LogP contribution in [0.1, 0.15) is 24.8 Å². The third-order valence-electron chi connectivity index (χ3n) is 2.34. The van der Waals surface area contributed by atoms with Crippen LogP contribution in [0.4, 0.5) is 0 Å². The van der Waals surface area contributed by atoms with Crippen LogP contribution in [-0.2, 0) is 4.32 Å². The molecule has 66 valence electrons. The molecule has 1 heteroatoms. The van der Waals surface area contributed by atoms with Crippen LogP contribution in [0.2, 0.25) is 0 Å². The highest BCUT2D eigenvalue weighted by atomic mass is 79.9. The van der Waals surface area contributed by atoms with E-state index in [0.29, 0.717) is 0 Å². The van der Waals surface area contributed by atoms with Gasteiger partial charge in [0.1, 0.15) is 4.32 Å². The van der Waals surface area contributed by atoms with Crippen molar-refractivity contribution in [1.82, 2.24) is 0 Å². The van der Waals surface area contributed by atoms with Gasteiger partial charge in [0.2, 0.25) is 0 Å². The van der Waals surface area contributed by atoms with Gasteiger partial charge in [0.05, 0.1) is 0 Å². The van der Waals surface area contributed by atoms with Crippen molar-refractivity contribution in [2.45, 2.75) is 23.6 Å². The molecule has 0 amide bonds. The molecule has 0 fully saturated rings.